The summed E-state index contributed by atoms with van der Waals surface area (Å²) in [6.07, 6.45) is 7.03. The predicted molar refractivity (Wildman–Crippen MR) is 126 cm³/mol. The van der Waals surface area contributed by atoms with Gasteiger partial charge in [-0.2, -0.15) is 14.8 Å². The van der Waals surface area contributed by atoms with Crippen LogP contribution in [0.3, 0.4) is 0 Å². The van der Waals surface area contributed by atoms with Crippen LogP contribution in [0.1, 0.15) is 68.4 Å². The first-order valence-electron chi connectivity index (χ1n) is 12.8. The number of nitrogens with zero attached hydrogens (tertiary/aromatic N) is 6. The van der Waals surface area contributed by atoms with Crippen LogP contribution in [0.25, 0.3) is 16.9 Å². The van der Waals surface area contributed by atoms with Gasteiger partial charge in [0.15, 0.2) is 0 Å². The average molecular weight is 483 g/mol. The standard InChI is InChI=1S/C25H31FN6O3/c26-20-6-2-5-19-22(16-3-1-4-16)28-32(23(19)20)25-27-24(35-29-25)17-7-11-30(12-8-17)18-9-13-31(14-10-18)21(34)15-33/h2,5-6,16-18,33H,1,3-4,7-15H2. The number of benzene rings is 1. The monoisotopic (exact) mass is 482 g/mol. The highest BCUT2D eigenvalue weighted by Crippen LogP contribution is 2.40. The highest BCUT2D eigenvalue weighted by Gasteiger charge is 2.32. The molecule has 0 bridgehead atoms. The Kier molecular flexibility index (Phi) is 6.01. The molecule has 9 nitrogen and oxygen atoms in total. The molecular weight excluding hydrogens is 451 g/mol. The van der Waals surface area contributed by atoms with Gasteiger partial charge in [0.2, 0.25) is 11.8 Å². The second-order valence-electron chi connectivity index (χ2n) is 10.1. The summed E-state index contributed by atoms with van der Waals surface area (Å²) in [5.41, 5.74) is 1.35. The highest BCUT2D eigenvalue weighted by molar-refractivity contribution is 5.84. The van der Waals surface area contributed by atoms with Gasteiger partial charge in [-0.15, -0.1) is 0 Å². The third-order valence-corrected chi connectivity index (χ3v) is 8.14. The van der Waals surface area contributed by atoms with Crippen molar-refractivity contribution in [1.82, 2.24) is 29.7 Å². The summed E-state index contributed by atoms with van der Waals surface area (Å²) >= 11 is 0. The lowest BCUT2D eigenvalue weighted by atomic mass is 9.82. The van der Waals surface area contributed by atoms with Crippen LogP contribution in [0.4, 0.5) is 4.39 Å². The second-order valence-corrected chi connectivity index (χ2v) is 10.1. The average Bonchev–Trinajstić information content (AvgIpc) is 3.49. The third-order valence-electron chi connectivity index (χ3n) is 8.14. The lowest BCUT2D eigenvalue weighted by molar-refractivity contribution is -0.135. The molecule has 3 aromatic rings. The van der Waals surface area contributed by atoms with E-state index in [4.69, 9.17) is 14.7 Å². The summed E-state index contributed by atoms with van der Waals surface area (Å²) in [6.45, 7) is 2.87. The van der Waals surface area contributed by atoms with Crippen molar-refractivity contribution in [3.63, 3.8) is 0 Å². The first-order chi connectivity index (χ1) is 17.1. The molecule has 0 unspecified atom stereocenters. The number of piperidine rings is 2. The van der Waals surface area contributed by atoms with Crippen molar-refractivity contribution in [2.75, 3.05) is 32.8 Å². The Bertz CT molecular complexity index is 1210. The maximum absolute atomic E-state index is 14.8. The van der Waals surface area contributed by atoms with Crippen molar-refractivity contribution in [3.05, 3.63) is 35.6 Å². The quantitative estimate of drug-likeness (QED) is 0.597. The van der Waals surface area contributed by atoms with Crippen LogP contribution in [-0.2, 0) is 4.79 Å². The number of carbonyl (C=O) groups excluding carboxylic acids is 1. The molecule has 6 rings (SSSR count). The van der Waals surface area contributed by atoms with E-state index in [1.165, 1.54) is 17.2 Å². The van der Waals surface area contributed by atoms with Crippen molar-refractivity contribution in [2.24, 2.45) is 0 Å². The van der Waals surface area contributed by atoms with Crippen LogP contribution in [0.2, 0.25) is 0 Å². The van der Waals surface area contributed by atoms with E-state index in [0.29, 0.717) is 42.4 Å². The number of fused-ring (bicyclic) bond motifs is 1. The van der Waals surface area contributed by atoms with E-state index in [1.54, 1.807) is 11.0 Å². The van der Waals surface area contributed by atoms with Crippen LogP contribution in [0.5, 0.6) is 0 Å². The van der Waals surface area contributed by atoms with Crippen molar-refractivity contribution >= 4 is 16.8 Å². The van der Waals surface area contributed by atoms with Gasteiger partial charge in [-0.05, 0) is 62.8 Å². The minimum Gasteiger partial charge on any atom is -0.387 e. The molecule has 1 aromatic carbocycles. The van der Waals surface area contributed by atoms with Crippen LogP contribution in [-0.4, -0.2) is 79.6 Å². The topological polar surface area (TPSA) is 101 Å². The van der Waals surface area contributed by atoms with E-state index < -0.39 is 6.61 Å². The van der Waals surface area contributed by atoms with E-state index in [-0.39, 0.29) is 17.6 Å². The number of rotatable bonds is 5. The molecule has 3 aliphatic rings. The fourth-order valence-electron chi connectivity index (χ4n) is 5.85. The molecule has 2 aromatic heterocycles. The largest absolute Gasteiger partial charge is 0.387 e. The van der Waals surface area contributed by atoms with E-state index >= 15 is 0 Å². The zero-order valence-electron chi connectivity index (χ0n) is 19.8. The minimum atomic E-state index is -0.412. The normalized spacial score (nSPS) is 21.0. The number of aliphatic hydroxyl groups is 1. The molecule has 0 radical (unpaired) electrons. The molecule has 1 amide bonds. The fourth-order valence-corrected chi connectivity index (χ4v) is 5.85. The Hall–Kier alpha value is -2.85. The molecule has 0 atom stereocenters. The van der Waals surface area contributed by atoms with Crippen molar-refractivity contribution in [2.45, 2.75) is 62.8 Å². The molecule has 186 valence electrons. The summed E-state index contributed by atoms with van der Waals surface area (Å²) in [7, 11) is 0. The molecule has 2 aliphatic heterocycles. The van der Waals surface area contributed by atoms with Gasteiger partial charge < -0.3 is 19.4 Å². The smallest absolute Gasteiger partial charge is 0.291 e. The Morgan fingerprint density at radius 3 is 2.51 bits per heavy atom. The molecule has 2 saturated heterocycles. The third kappa shape index (κ3) is 4.12. The van der Waals surface area contributed by atoms with Crippen LogP contribution < -0.4 is 0 Å². The second kappa shape index (κ2) is 9.31. The Morgan fingerprint density at radius 2 is 1.83 bits per heavy atom. The number of hydrogen-bond donors (Lipinski definition) is 1. The van der Waals surface area contributed by atoms with Crippen LogP contribution in [0.15, 0.2) is 22.7 Å². The van der Waals surface area contributed by atoms with Crippen LogP contribution in [0, 0.1) is 5.82 Å². The molecule has 0 spiro atoms. The number of hydrogen-bond acceptors (Lipinski definition) is 7. The van der Waals surface area contributed by atoms with Crippen LogP contribution >= 0.6 is 0 Å². The van der Waals surface area contributed by atoms with Gasteiger partial charge in [-0.1, -0.05) is 18.6 Å². The zero-order valence-corrected chi connectivity index (χ0v) is 19.8. The summed E-state index contributed by atoms with van der Waals surface area (Å²) in [5.74, 6) is 0.911. The van der Waals surface area contributed by atoms with Crippen molar-refractivity contribution in [1.29, 1.82) is 0 Å². The van der Waals surface area contributed by atoms with E-state index in [9.17, 15) is 9.18 Å². The Labute approximate surface area is 202 Å². The summed E-state index contributed by atoms with van der Waals surface area (Å²) < 4.78 is 22.0. The summed E-state index contributed by atoms with van der Waals surface area (Å²) in [5, 5.41) is 18.8. The lowest BCUT2D eigenvalue weighted by Crippen LogP contribution is -2.49. The van der Waals surface area contributed by atoms with Gasteiger partial charge in [0.05, 0.1) is 5.69 Å². The van der Waals surface area contributed by atoms with Gasteiger partial charge >= 0.3 is 0 Å². The Balaban J connectivity index is 1.14. The van der Waals surface area contributed by atoms with Gasteiger partial charge in [-0.25, -0.2) is 4.39 Å². The Morgan fingerprint density at radius 1 is 1.06 bits per heavy atom. The van der Waals surface area contributed by atoms with Gasteiger partial charge in [0.1, 0.15) is 17.9 Å². The SMILES string of the molecule is O=C(CO)N1CCC(N2CCC(c3nc(-n4nc(C5CCC5)c5cccc(F)c54)no3)CC2)CC1. The maximum Gasteiger partial charge on any atom is 0.291 e. The van der Waals surface area contributed by atoms with Crippen molar-refractivity contribution in [3.8, 4) is 5.95 Å². The van der Waals surface area contributed by atoms with Crippen molar-refractivity contribution < 1.29 is 18.8 Å². The summed E-state index contributed by atoms with van der Waals surface area (Å²) in [4.78, 5) is 20.6. The number of aliphatic hydroxyl groups excluding tert-OH is 1. The molecule has 1 saturated carbocycles. The first kappa shape index (κ1) is 22.6. The number of carbonyl (C=O) groups is 1. The first-order valence-corrected chi connectivity index (χ1v) is 12.8. The number of amides is 1. The highest BCUT2D eigenvalue weighted by atomic mass is 19.1. The molecule has 4 heterocycles. The molecular formula is C25H31FN6O3. The molecule has 35 heavy (non-hydrogen) atoms. The predicted octanol–water partition coefficient (Wildman–Crippen LogP) is 2.98. The fraction of sp³-hybridized carbons (Fsp3) is 0.600. The number of para-hydroxylation sites is 1. The number of halogens is 1. The molecule has 1 aliphatic carbocycles. The van der Waals surface area contributed by atoms with E-state index in [0.717, 1.165) is 62.7 Å². The van der Waals surface area contributed by atoms with E-state index in [1.807, 2.05) is 6.07 Å². The van der Waals surface area contributed by atoms with E-state index in [2.05, 4.69) is 15.0 Å². The van der Waals surface area contributed by atoms with Gasteiger partial charge in [0, 0.05) is 36.4 Å². The molecule has 10 heteroatoms. The summed E-state index contributed by atoms with van der Waals surface area (Å²) in [6, 6.07) is 5.57. The molecule has 3 fully saturated rings. The lowest BCUT2D eigenvalue weighted by Gasteiger charge is -2.41. The number of aromatic nitrogens is 4. The maximum atomic E-state index is 14.8. The molecule has 1 N–H and O–H groups in total. The number of likely N-dealkylation sites (tertiary alicyclic amines) is 2. The van der Waals surface area contributed by atoms with Gasteiger partial charge in [0.25, 0.3) is 5.95 Å². The van der Waals surface area contributed by atoms with Gasteiger partial charge in [-0.3, -0.25) is 4.79 Å². The zero-order chi connectivity index (χ0) is 23.9. The minimum absolute atomic E-state index is 0.168.